The van der Waals surface area contributed by atoms with Gasteiger partial charge in [0.1, 0.15) is 0 Å². The summed E-state index contributed by atoms with van der Waals surface area (Å²) in [5.74, 6) is -3.51. The van der Waals surface area contributed by atoms with Gasteiger partial charge in [-0.25, -0.2) is 13.6 Å². The van der Waals surface area contributed by atoms with Crippen molar-refractivity contribution in [2.24, 2.45) is 0 Å². The largest absolute Gasteiger partial charge is 0.478 e. The molecule has 0 aliphatic rings. The lowest BCUT2D eigenvalue weighted by Gasteiger charge is -2.07. The molecule has 0 amide bonds. The minimum atomic E-state index is -1.29. The van der Waals surface area contributed by atoms with Gasteiger partial charge in [0, 0.05) is 0 Å². The molecule has 0 spiro atoms. The average molecular weight is 248 g/mol. The smallest absolute Gasteiger partial charge is 0.336 e. The standard InChI is InChI=1S/C14H10F2O2/c1-8-2-4-9(5-3-8)10-6-12(15)13(16)7-11(10)14(17)18/h2-7H,1H3,(H,17,18). The highest BCUT2D eigenvalue weighted by Crippen LogP contribution is 2.26. The van der Waals surface area contributed by atoms with E-state index in [0.29, 0.717) is 11.6 Å². The van der Waals surface area contributed by atoms with Crippen molar-refractivity contribution >= 4 is 5.97 Å². The van der Waals surface area contributed by atoms with Gasteiger partial charge in [-0.15, -0.1) is 0 Å². The molecule has 0 saturated heterocycles. The van der Waals surface area contributed by atoms with Crippen LogP contribution in [0.5, 0.6) is 0 Å². The topological polar surface area (TPSA) is 37.3 Å². The van der Waals surface area contributed by atoms with E-state index in [2.05, 4.69) is 0 Å². The SMILES string of the molecule is Cc1ccc(-c2cc(F)c(F)cc2C(=O)O)cc1. The summed E-state index contributed by atoms with van der Waals surface area (Å²) in [5.41, 5.74) is 1.45. The van der Waals surface area contributed by atoms with Crippen molar-refractivity contribution in [1.82, 2.24) is 0 Å². The summed E-state index contributed by atoms with van der Waals surface area (Å²) in [6.45, 7) is 1.88. The molecule has 0 heterocycles. The molecule has 92 valence electrons. The van der Waals surface area contributed by atoms with E-state index in [0.717, 1.165) is 11.6 Å². The molecule has 0 unspecified atom stereocenters. The number of rotatable bonds is 2. The van der Waals surface area contributed by atoms with Gasteiger partial charge in [0.15, 0.2) is 11.6 Å². The zero-order chi connectivity index (χ0) is 13.3. The van der Waals surface area contributed by atoms with Gasteiger partial charge >= 0.3 is 5.97 Å². The third kappa shape index (κ3) is 2.22. The molecule has 2 aromatic rings. The Morgan fingerprint density at radius 2 is 1.61 bits per heavy atom. The lowest BCUT2D eigenvalue weighted by molar-refractivity contribution is 0.0697. The molecule has 0 radical (unpaired) electrons. The Balaban J connectivity index is 2.65. The van der Waals surface area contributed by atoms with E-state index >= 15 is 0 Å². The minimum absolute atomic E-state index is 0.168. The average Bonchev–Trinajstić information content (AvgIpc) is 2.33. The van der Waals surface area contributed by atoms with Gasteiger partial charge < -0.3 is 5.11 Å². The quantitative estimate of drug-likeness (QED) is 0.880. The highest BCUT2D eigenvalue weighted by molar-refractivity contribution is 5.96. The van der Waals surface area contributed by atoms with Crippen LogP contribution >= 0.6 is 0 Å². The number of carbonyl (C=O) groups is 1. The fourth-order valence-electron chi connectivity index (χ4n) is 1.70. The zero-order valence-electron chi connectivity index (χ0n) is 9.58. The van der Waals surface area contributed by atoms with Crippen molar-refractivity contribution in [1.29, 1.82) is 0 Å². The second-order valence-corrected chi connectivity index (χ2v) is 3.98. The first-order valence-electron chi connectivity index (χ1n) is 5.28. The molecule has 2 aromatic carbocycles. The summed E-state index contributed by atoms with van der Waals surface area (Å²) in [6.07, 6.45) is 0. The van der Waals surface area contributed by atoms with Gasteiger partial charge in [-0.2, -0.15) is 0 Å². The fourth-order valence-corrected chi connectivity index (χ4v) is 1.70. The second-order valence-electron chi connectivity index (χ2n) is 3.98. The van der Waals surface area contributed by atoms with Crippen LogP contribution in [0.2, 0.25) is 0 Å². The first-order chi connectivity index (χ1) is 8.49. The Bertz CT molecular complexity index is 604. The van der Waals surface area contributed by atoms with Gasteiger partial charge in [0.05, 0.1) is 5.56 Å². The predicted molar refractivity (Wildman–Crippen MR) is 63.5 cm³/mol. The first-order valence-corrected chi connectivity index (χ1v) is 5.28. The van der Waals surface area contributed by atoms with Gasteiger partial charge in [0.25, 0.3) is 0 Å². The fraction of sp³-hybridized carbons (Fsp3) is 0.0714. The van der Waals surface area contributed by atoms with Crippen LogP contribution in [0.25, 0.3) is 11.1 Å². The molecule has 0 aromatic heterocycles. The van der Waals surface area contributed by atoms with E-state index in [9.17, 15) is 13.6 Å². The van der Waals surface area contributed by atoms with Gasteiger partial charge in [0.2, 0.25) is 0 Å². The van der Waals surface area contributed by atoms with Gasteiger partial charge in [-0.3, -0.25) is 0 Å². The summed E-state index contributed by atoms with van der Waals surface area (Å²) in [6, 6.07) is 8.52. The van der Waals surface area contributed by atoms with Crippen molar-refractivity contribution in [2.45, 2.75) is 6.92 Å². The number of aryl methyl sites for hydroxylation is 1. The van der Waals surface area contributed by atoms with E-state index < -0.39 is 17.6 Å². The van der Waals surface area contributed by atoms with E-state index in [1.807, 2.05) is 6.92 Å². The predicted octanol–water partition coefficient (Wildman–Crippen LogP) is 3.64. The maximum atomic E-state index is 13.2. The van der Waals surface area contributed by atoms with Crippen LogP contribution in [0.1, 0.15) is 15.9 Å². The van der Waals surface area contributed by atoms with Crippen molar-refractivity contribution in [3.63, 3.8) is 0 Å². The minimum Gasteiger partial charge on any atom is -0.478 e. The third-order valence-electron chi connectivity index (χ3n) is 2.65. The van der Waals surface area contributed by atoms with E-state index in [1.165, 1.54) is 0 Å². The number of carboxylic acid groups (broad SMARTS) is 1. The molecule has 2 rings (SSSR count). The molecule has 2 nitrogen and oxygen atoms in total. The lowest BCUT2D eigenvalue weighted by Crippen LogP contribution is -2.02. The van der Waals surface area contributed by atoms with Gasteiger partial charge in [-0.05, 0) is 30.2 Å². The number of benzene rings is 2. The maximum Gasteiger partial charge on any atom is 0.336 e. The summed E-state index contributed by atoms with van der Waals surface area (Å²) in [4.78, 5) is 11.0. The highest BCUT2D eigenvalue weighted by atomic mass is 19.2. The van der Waals surface area contributed by atoms with Crippen LogP contribution in [0.3, 0.4) is 0 Å². The molecule has 0 aliphatic carbocycles. The Morgan fingerprint density at radius 1 is 1.06 bits per heavy atom. The normalized spacial score (nSPS) is 10.4. The molecule has 4 heteroatoms. The van der Waals surface area contributed by atoms with Crippen molar-refractivity contribution in [3.8, 4) is 11.1 Å². The zero-order valence-corrected chi connectivity index (χ0v) is 9.58. The van der Waals surface area contributed by atoms with E-state index in [-0.39, 0.29) is 11.1 Å². The van der Waals surface area contributed by atoms with Crippen molar-refractivity contribution in [3.05, 3.63) is 59.2 Å². The number of hydrogen-bond acceptors (Lipinski definition) is 1. The highest BCUT2D eigenvalue weighted by Gasteiger charge is 2.16. The number of aromatic carboxylic acids is 1. The molecular formula is C14H10F2O2. The Kier molecular flexibility index (Phi) is 3.10. The van der Waals surface area contributed by atoms with Crippen LogP contribution in [0.15, 0.2) is 36.4 Å². The summed E-state index contributed by atoms with van der Waals surface area (Å²) in [7, 11) is 0. The summed E-state index contributed by atoms with van der Waals surface area (Å²) < 4.78 is 26.3. The number of halogens is 2. The number of hydrogen-bond donors (Lipinski definition) is 1. The Morgan fingerprint density at radius 3 is 2.17 bits per heavy atom. The van der Waals surface area contributed by atoms with Crippen LogP contribution in [-0.2, 0) is 0 Å². The Hall–Kier alpha value is -2.23. The van der Waals surface area contributed by atoms with Gasteiger partial charge in [-0.1, -0.05) is 29.8 Å². The van der Waals surface area contributed by atoms with Crippen LogP contribution in [-0.4, -0.2) is 11.1 Å². The molecule has 0 fully saturated rings. The molecule has 0 saturated carbocycles. The number of carboxylic acids is 1. The molecule has 0 bridgehead atoms. The van der Waals surface area contributed by atoms with E-state index in [4.69, 9.17) is 5.11 Å². The van der Waals surface area contributed by atoms with Crippen LogP contribution < -0.4 is 0 Å². The van der Waals surface area contributed by atoms with Crippen LogP contribution in [0.4, 0.5) is 8.78 Å². The second kappa shape index (κ2) is 4.56. The summed E-state index contributed by atoms with van der Waals surface area (Å²) >= 11 is 0. The first kappa shape index (κ1) is 12.2. The molecule has 18 heavy (non-hydrogen) atoms. The van der Waals surface area contributed by atoms with E-state index in [1.54, 1.807) is 24.3 Å². The molecule has 0 aliphatic heterocycles. The van der Waals surface area contributed by atoms with Crippen molar-refractivity contribution in [2.75, 3.05) is 0 Å². The monoisotopic (exact) mass is 248 g/mol. The lowest BCUT2D eigenvalue weighted by atomic mass is 9.98. The van der Waals surface area contributed by atoms with Crippen molar-refractivity contribution < 1.29 is 18.7 Å². The Labute approximate surface area is 103 Å². The molecule has 0 atom stereocenters. The maximum absolute atomic E-state index is 13.2. The summed E-state index contributed by atoms with van der Waals surface area (Å²) in [5, 5.41) is 9.01. The third-order valence-corrected chi connectivity index (χ3v) is 2.65. The molecular weight excluding hydrogens is 238 g/mol. The van der Waals surface area contributed by atoms with Crippen LogP contribution in [0, 0.1) is 18.6 Å². The molecule has 1 N–H and O–H groups in total.